The maximum atomic E-state index is 13.2. The van der Waals surface area contributed by atoms with Crippen LogP contribution in [0, 0.1) is 0 Å². The first-order chi connectivity index (χ1) is 13.3. The van der Waals surface area contributed by atoms with Gasteiger partial charge in [0.15, 0.2) is 11.6 Å². The van der Waals surface area contributed by atoms with Crippen LogP contribution < -0.4 is 0 Å². The minimum atomic E-state index is 0.0282. The lowest BCUT2D eigenvalue weighted by Gasteiger charge is -2.28. The van der Waals surface area contributed by atoms with Crippen LogP contribution in [0.25, 0.3) is 22.3 Å². The van der Waals surface area contributed by atoms with Gasteiger partial charge in [0.25, 0.3) is 5.91 Å². The minimum absolute atomic E-state index is 0.0282. The Morgan fingerprint density at radius 1 is 0.889 bits per heavy atom. The number of carbonyl (C=O) groups is 1. The first-order valence-electron chi connectivity index (χ1n) is 8.92. The molecule has 2 aromatic carbocycles. The van der Waals surface area contributed by atoms with Crippen molar-refractivity contribution in [3.05, 3.63) is 78.2 Å². The van der Waals surface area contributed by atoms with Gasteiger partial charge in [-0.1, -0.05) is 42.5 Å². The summed E-state index contributed by atoms with van der Waals surface area (Å²) in [4.78, 5) is 19.4. The number of aromatic nitrogens is 4. The lowest BCUT2D eigenvalue weighted by atomic mass is 10.0. The van der Waals surface area contributed by atoms with E-state index in [2.05, 4.69) is 19.7 Å². The van der Waals surface area contributed by atoms with Gasteiger partial charge < -0.3 is 9.47 Å². The summed E-state index contributed by atoms with van der Waals surface area (Å²) in [5.74, 6) is 1.57. The third-order valence-electron chi connectivity index (χ3n) is 4.95. The second-order valence-corrected chi connectivity index (χ2v) is 6.56. The zero-order valence-electron chi connectivity index (χ0n) is 14.6. The summed E-state index contributed by atoms with van der Waals surface area (Å²) in [6.07, 6.45) is 1.75. The molecule has 6 heteroatoms. The van der Waals surface area contributed by atoms with Crippen molar-refractivity contribution in [3.63, 3.8) is 0 Å². The van der Waals surface area contributed by atoms with Crippen molar-refractivity contribution in [1.82, 2.24) is 24.6 Å². The number of rotatable bonds is 2. The van der Waals surface area contributed by atoms with Gasteiger partial charge in [0, 0.05) is 24.8 Å². The van der Waals surface area contributed by atoms with Crippen LogP contribution in [0.4, 0.5) is 0 Å². The van der Waals surface area contributed by atoms with Gasteiger partial charge in [0.1, 0.15) is 5.69 Å². The molecule has 2 aromatic heterocycles. The fourth-order valence-electron chi connectivity index (χ4n) is 3.60. The fourth-order valence-corrected chi connectivity index (χ4v) is 3.60. The number of hydrogen-bond acceptors (Lipinski definition) is 4. The van der Waals surface area contributed by atoms with Crippen LogP contribution in [0.3, 0.4) is 0 Å². The van der Waals surface area contributed by atoms with Crippen LogP contribution in [0.15, 0.2) is 66.9 Å². The summed E-state index contributed by atoms with van der Waals surface area (Å²) in [5, 5.41) is 10.6. The number of nitrogens with zero attached hydrogens (tertiary/aromatic N) is 5. The zero-order chi connectivity index (χ0) is 18.2. The number of benzene rings is 2. The van der Waals surface area contributed by atoms with Crippen LogP contribution >= 0.6 is 0 Å². The molecule has 0 bridgehead atoms. The molecular weight excluding hydrogens is 338 g/mol. The van der Waals surface area contributed by atoms with Crippen molar-refractivity contribution >= 4 is 16.7 Å². The molecule has 0 radical (unpaired) electrons. The molecule has 0 saturated carbocycles. The van der Waals surface area contributed by atoms with Crippen LogP contribution in [-0.2, 0) is 13.1 Å². The smallest absolute Gasteiger partial charge is 0.254 e. The molecule has 5 rings (SSSR count). The zero-order valence-corrected chi connectivity index (χ0v) is 14.6. The summed E-state index contributed by atoms with van der Waals surface area (Å²) in [7, 11) is 0. The molecule has 27 heavy (non-hydrogen) atoms. The quantitative estimate of drug-likeness (QED) is 0.554. The molecule has 1 aliphatic rings. The van der Waals surface area contributed by atoms with E-state index in [-0.39, 0.29) is 5.91 Å². The summed E-state index contributed by atoms with van der Waals surface area (Å²) in [6.45, 7) is 1.72. The van der Waals surface area contributed by atoms with Gasteiger partial charge in [-0.15, -0.1) is 10.2 Å². The molecule has 1 aliphatic heterocycles. The number of amides is 1. The molecule has 0 aliphatic carbocycles. The van der Waals surface area contributed by atoms with Crippen LogP contribution in [0.1, 0.15) is 16.2 Å². The number of pyridine rings is 1. The van der Waals surface area contributed by atoms with Crippen molar-refractivity contribution in [2.45, 2.75) is 13.1 Å². The maximum absolute atomic E-state index is 13.2. The maximum Gasteiger partial charge on any atom is 0.254 e. The van der Waals surface area contributed by atoms with E-state index in [4.69, 9.17) is 0 Å². The number of fused-ring (bicyclic) bond motifs is 2. The minimum Gasteiger partial charge on any atom is -0.329 e. The van der Waals surface area contributed by atoms with E-state index >= 15 is 0 Å². The highest BCUT2D eigenvalue weighted by Crippen LogP contribution is 2.24. The van der Waals surface area contributed by atoms with Crippen molar-refractivity contribution in [2.75, 3.05) is 6.54 Å². The Balaban J connectivity index is 1.46. The van der Waals surface area contributed by atoms with Crippen molar-refractivity contribution in [3.8, 4) is 11.5 Å². The first kappa shape index (κ1) is 15.7. The van der Waals surface area contributed by atoms with Crippen LogP contribution in [-0.4, -0.2) is 37.1 Å². The normalized spacial score (nSPS) is 13.6. The van der Waals surface area contributed by atoms with E-state index in [9.17, 15) is 4.79 Å². The van der Waals surface area contributed by atoms with Crippen molar-refractivity contribution < 1.29 is 4.79 Å². The average molecular weight is 355 g/mol. The van der Waals surface area contributed by atoms with Crippen molar-refractivity contribution in [2.24, 2.45) is 0 Å². The van der Waals surface area contributed by atoms with Crippen LogP contribution in [0.2, 0.25) is 0 Å². The topological polar surface area (TPSA) is 63.9 Å². The summed E-state index contributed by atoms with van der Waals surface area (Å²) < 4.78 is 2.05. The van der Waals surface area contributed by atoms with Crippen molar-refractivity contribution in [1.29, 1.82) is 0 Å². The van der Waals surface area contributed by atoms with Gasteiger partial charge in [-0.2, -0.15) is 0 Å². The summed E-state index contributed by atoms with van der Waals surface area (Å²) >= 11 is 0. The van der Waals surface area contributed by atoms with E-state index < -0.39 is 0 Å². The molecule has 4 aromatic rings. The highest BCUT2D eigenvalue weighted by atomic mass is 16.2. The molecule has 0 unspecified atom stereocenters. The number of hydrogen-bond donors (Lipinski definition) is 0. The Kier molecular flexibility index (Phi) is 3.67. The van der Waals surface area contributed by atoms with Gasteiger partial charge >= 0.3 is 0 Å². The molecule has 132 valence electrons. The lowest BCUT2D eigenvalue weighted by Crippen LogP contribution is -2.38. The molecule has 0 N–H and O–H groups in total. The Bertz CT molecular complexity index is 1130. The highest BCUT2D eigenvalue weighted by Gasteiger charge is 2.26. The van der Waals surface area contributed by atoms with E-state index in [0.717, 1.165) is 33.7 Å². The number of carbonyl (C=O) groups excluding carboxylic acids is 1. The molecule has 0 saturated heterocycles. The Morgan fingerprint density at radius 2 is 1.74 bits per heavy atom. The van der Waals surface area contributed by atoms with E-state index in [1.807, 2.05) is 65.6 Å². The SMILES string of the molecule is O=C(c1cccc2ccccc12)N1CCn2c(nnc2-c2ccccn2)C1. The average Bonchev–Trinajstić information content (AvgIpc) is 3.17. The Labute approximate surface area is 156 Å². The van der Waals surface area contributed by atoms with Gasteiger partial charge in [-0.25, -0.2) is 0 Å². The third-order valence-corrected chi connectivity index (χ3v) is 4.95. The Hall–Kier alpha value is -3.54. The first-order valence-corrected chi connectivity index (χ1v) is 8.92. The van der Waals surface area contributed by atoms with Gasteiger partial charge in [-0.3, -0.25) is 9.78 Å². The van der Waals surface area contributed by atoms with Gasteiger partial charge in [0.05, 0.1) is 6.54 Å². The molecule has 3 heterocycles. The van der Waals surface area contributed by atoms with E-state index in [1.165, 1.54) is 0 Å². The monoisotopic (exact) mass is 355 g/mol. The third kappa shape index (κ3) is 2.66. The lowest BCUT2D eigenvalue weighted by molar-refractivity contribution is 0.0710. The van der Waals surface area contributed by atoms with E-state index in [1.54, 1.807) is 6.20 Å². The van der Waals surface area contributed by atoms with Gasteiger partial charge in [0.2, 0.25) is 0 Å². The fraction of sp³-hybridized carbons (Fsp3) is 0.143. The summed E-state index contributed by atoms with van der Waals surface area (Å²) in [6, 6.07) is 19.6. The molecular formula is C21H17N5O. The predicted molar refractivity (Wildman–Crippen MR) is 102 cm³/mol. The molecule has 0 fully saturated rings. The second kappa shape index (κ2) is 6.32. The van der Waals surface area contributed by atoms with Crippen LogP contribution in [0.5, 0.6) is 0 Å². The largest absolute Gasteiger partial charge is 0.329 e. The summed E-state index contributed by atoms with van der Waals surface area (Å²) in [5.41, 5.74) is 1.52. The molecule has 6 nitrogen and oxygen atoms in total. The molecule has 1 amide bonds. The van der Waals surface area contributed by atoms with Gasteiger partial charge in [-0.05, 0) is 29.0 Å². The second-order valence-electron chi connectivity index (χ2n) is 6.56. The van der Waals surface area contributed by atoms with E-state index in [0.29, 0.717) is 19.6 Å². The highest BCUT2D eigenvalue weighted by molar-refractivity contribution is 6.07. The molecule has 0 spiro atoms. The Morgan fingerprint density at radius 3 is 2.63 bits per heavy atom. The molecule has 0 atom stereocenters. The standard InChI is InChI=1S/C21H17N5O/c27-21(17-9-5-7-15-6-1-2-8-16(15)17)25-12-13-26-19(14-25)23-24-20(26)18-10-3-4-11-22-18/h1-11H,12-14H2. The predicted octanol–water partition coefficient (Wildman–Crippen LogP) is 3.15.